The van der Waals surface area contributed by atoms with Gasteiger partial charge < -0.3 is 5.32 Å². The van der Waals surface area contributed by atoms with E-state index in [1.165, 1.54) is 16.3 Å². The summed E-state index contributed by atoms with van der Waals surface area (Å²) < 4.78 is 1.11. The van der Waals surface area contributed by atoms with E-state index < -0.39 is 0 Å². The Morgan fingerprint density at radius 1 is 1.21 bits per heavy atom. The van der Waals surface area contributed by atoms with Crippen LogP contribution in [0.1, 0.15) is 31.4 Å². The van der Waals surface area contributed by atoms with E-state index >= 15 is 0 Å². The van der Waals surface area contributed by atoms with Crippen molar-refractivity contribution in [3.8, 4) is 12.3 Å². The lowest BCUT2D eigenvalue weighted by atomic mass is 10.00. The van der Waals surface area contributed by atoms with E-state index in [1.54, 1.807) is 0 Å². The third kappa shape index (κ3) is 3.59. The molecule has 0 aliphatic heterocycles. The molecule has 0 bridgehead atoms. The Morgan fingerprint density at radius 3 is 2.68 bits per heavy atom. The van der Waals surface area contributed by atoms with E-state index in [2.05, 4.69) is 70.5 Å². The normalized spacial score (nSPS) is 12.3. The molecule has 1 atom stereocenters. The zero-order valence-corrected chi connectivity index (χ0v) is 12.7. The van der Waals surface area contributed by atoms with Crippen LogP contribution in [0, 0.1) is 12.3 Å². The first-order chi connectivity index (χ1) is 9.24. The molecular formula is C17H18BrN. The van der Waals surface area contributed by atoms with Gasteiger partial charge >= 0.3 is 0 Å². The predicted octanol–water partition coefficient (Wildman–Crippen LogP) is 4.67. The number of nitrogens with one attached hydrogen (secondary N) is 1. The molecule has 0 amide bonds. The molecule has 0 spiro atoms. The van der Waals surface area contributed by atoms with Crippen LogP contribution in [0.15, 0.2) is 40.9 Å². The van der Waals surface area contributed by atoms with Crippen LogP contribution in [0.3, 0.4) is 0 Å². The minimum atomic E-state index is 0.248. The van der Waals surface area contributed by atoms with Crippen LogP contribution < -0.4 is 5.32 Å². The standard InChI is InChI=1S/C17H18BrN/c1-3-5-17(19-10-4-2)15-7-6-14-12-16(18)9-8-13(14)11-15/h1,6-9,11-12,17,19H,4-5,10H2,2H3. The van der Waals surface area contributed by atoms with Crippen molar-refractivity contribution in [2.45, 2.75) is 25.8 Å². The van der Waals surface area contributed by atoms with Gasteiger partial charge in [0.15, 0.2) is 0 Å². The average molecular weight is 316 g/mol. The van der Waals surface area contributed by atoms with Crippen molar-refractivity contribution < 1.29 is 0 Å². The number of hydrogen-bond donors (Lipinski definition) is 1. The molecule has 0 radical (unpaired) electrons. The molecule has 0 saturated carbocycles. The average Bonchev–Trinajstić information content (AvgIpc) is 2.43. The fourth-order valence-corrected chi connectivity index (χ4v) is 2.57. The van der Waals surface area contributed by atoms with Crippen molar-refractivity contribution in [3.63, 3.8) is 0 Å². The number of fused-ring (bicyclic) bond motifs is 1. The van der Waals surface area contributed by atoms with Crippen molar-refractivity contribution in [3.05, 3.63) is 46.4 Å². The number of terminal acetylenes is 1. The summed E-state index contributed by atoms with van der Waals surface area (Å²) in [5, 5.41) is 6.01. The van der Waals surface area contributed by atoms with E-state index in [0.717, 1.165) is 23.9 Å². The molecular weight excluding hydrogens is 298 g/mol. The van der Waals surface area contributed by atoms with Crippen molar-refractivity contribution in [2.75, 3.05) is 6.54 Å². The Labute approximate surface area is 123 Å². The van der Waals surface area contributed by atoms with E-state index in [9.17, 15) is 0 Å². The van der Waals surface area contributed by atoms with Crippen molar-refractivity contribution in [1.29, 1.82) is 0 Å². The molecule has 1 N–H and O–H groups in total. The molecule has 98 valence electrons. The second kappa shape index (κ2) is 6.75. The monoisotopic (exact) mass is 315 g/mol. The van der Waals surface area contributed by atoms with Crippen LogP contribution >= 0.6 is 15.9 Å². The SMILES string of the molecule is C#CCC(NCCC)c1ccc2cc(Br)ccc2c1. The smallest absolute Gasteiger partial charge is 0.0431 e. The fraction of sp³-hybridized carbons (Fsp3) is 0.294. The van der Waals surface area contributed by atoms with Crippen LogP contribution in [-0.2, 0) is 0 Å². The number of halogens is 1. The van der Waals surface area contributed by atoms with Gasteiger partial charge in [0.2, 0.25) is 0 Å². The maximum Gasteiger partial charge on any atom is 0.0431 e. The summed E-state index contributed by atoms with van der Waals surface area (Å²) in [5.74, 6) is 2.76. The van der Waals surface area contributed by atoms with Gasteiger partial charge in [-0.05, 0) is 47.5 Å². The molecule has 0 fully saturated rings. The largest absolute Gasteiger partial charge is 0.309 e. The van der Waals surface area contributed by atoms with Gasteiger partial charge in [-0.3, -0.25) is 0 Å². The first kappa shape index (κ1) is 14.1. The predicted molar refractivity (Wildman–Crippen MR) is 86.1 cm³/mol. The van der Waals surface area contributed by atoms with Gasteiger partial charge in [0.1, 0.15) is 0 Å². The summed E-state index contributed by atoms with van der Waals surface area (Å²) in [6, 6.07) is 13.1. The van der Waals surface area contributed by atoms with Crippen molar-refractivity contribution in [2.24, 2.45) is 0 Å². The van der Waals surface area contributed by atoms with Gasteiger partial charge in [0, 0.05) is 16.9 Å². The zero-order chi connectivity index (χ0) is 13.7. The number of benzene rings is 2. The van der Waals surface area contributed by atoms with Crippen molar-refractivity contribution in [1.82, 2.24) is 5.32 Å². The van der Waals surface area contributed by atoms with E-state index in [-0.39, 0.29) is 6.04 Å². The molecule has 2 aromatic carbocycles. The number of rotatable bonds is 5. The second-order valence-corrected chi connectivity index (χ2v) is 5.58. The highest BCUT2D eigenvalue weighted by atomic mass is 79.9. The third-order valence-electron chi connectivity index (χ3n) is 3.19. The Hall–Kier alpha value is -1.30. The maximum absolute atomic E-state index is 5.47. The highest BCUT2D eigenvalue weighted by Gasteiger charge is 2.09. The van der Waals surface area contributed by atoms with Crippen molar-refractivity contribution >= 4 is 26.7 Å². The third-order valence-corrected chi connectivity index (χ3v) is 3.68. The summed E-state index contributed by atoms with van der Waals surface area (Å²) >= 11 is 3.50. The van der Waals surface area contributed by atoms with Crippen LogP contribution in [0.25, 0.3) is 10.8 Å². The maximum atomic E-state index is 5.47. The van der Waals surface area contributed by atoms with E-state index in [1.807, 2.05) is 0 Å². The summed E-state index contributed by atoms with van der Waals surface area (Å²) in [4.78, 5) is 0. The summed E-state index contributed by atoms with van der Waals surface area (Å²) in [6.07, 6.45) is 7.31. The molecule has 2 rings (SSSR count). The van der Waals surface area contributed by atoms with E-state index in [0.29, 0.717) is 0 Å². The van der Waals surface area contributed by atoms with Gasteiger partial charge in [-0.25, -0.2) is 0 Å². The molecule has 0 aliphatic carbocycles. The lowest BCUT2D eigenvalue weighted by molar-refractivity contribution is 0.543. The Kier molecular flexibility index (Phi) is 5.01. The first-order valence-electron chi connectivity index (χ1n) is 6.60. The molecule has 1 unspecified atom stereocenters. The molecule has 0 heterocycles. The summed E-state index contributed by atoms with van der Waals surface area (Å²) in [7, 11) is 0. The lowest BCUT2D eigenvalue weighted by Crippen LogP contribution is -2.21. The molecule has 0 aliphatic rings. The molecule has 2 heteroatoms. The van der Waals surface area contributed by atoms with Crippen LogP contribution in [0.5, 0.6) is 0 Å². The topological polar surface area (TPSA) is 12.0 Å². The Morgan fingerprint density at radius 2 is 1.95 bits per heavy atom. The van der Waals surface area contributed by atoms with Gasteiger partial charge in [-0.1, -0.05) is 41.1 Å². The summed E-state index contributed by atoms with van der Waals surface area (Å²) in [5.41, 5.74) is 1.27. The number of hydrogen-bond acceptors (Lipinski definition) is 1. The van der Waals surface area contributed by atoms with Gasteiger partial charge in [-0.15, -0.1) is 12.3 Å². The fourth-order valence-electron chi connectivity index (χ4n) is 2.20. The van der Waals surface area contributed by atoms with Gasteiger partial charge in [-0.2, -0.15) is 0 Å². The van der Waals surface area contributed by atoms with E-state index in [4.69, 9.17) is 6.42 Å². The molecule has 0 aromatic heterocycles. The molecule has 2 aromatic rings. The van der Waals surface area contributed by atoms with Gasteiger partial charge in [0.05, 0.1) is 0 Å². The van der Waals surface area contributed by atoms with Crippen LogP contribution in [-0.4, -0.2) is 6.54 Å². The minimum absolute atomic E-state index is 0.248. The lowest BCUT2D eigenvalue weighted by Gasteiger charge is -2.17. The van der Waals surface area contributed by atoms with Gasteiger partial charge in [0.25, 0.3) is 0 Å². The highest BCUT2D eigenvalue weighted by Crippen LogP contribution is 2.24. The molecule has 19 heavy (non-hydrogen) atoms. The first-order valence-corrected chi connectivity index (χ1v) is 7.40. The molecule has 1 nitrogen and oxygen atoms in total. The quantitative estimate of drug-likeness (QED) is 0.791. The van der Waals surface area contributed by atoms with Crippen LogP contribution in [0.2, 0.25) is 0 Å². The second-order valence-electron chi connectivity index (χ2n) is 4.67. The summed E-state index contributed by atoms with van der Waals surface area (Å²) in [6.45, 7) is 3.16. The zero-order valence-electron chi connectivity index (χ0n) is 11.1. The Bertz CT molecular complexity index is 598. The minimum Gasteiger partial charge on any atom is -0.309 e. The van der Waals surface area contributed by atoms with Crippen LogP contribution in [0.4, 0.5) is 0 Å². The molecule has 0 saturated heterocycles. The Balaban J connectivity index is 2.32. The highest BCUT2D eigenvalue weighted by molar-refractivity contribution is 9.10.